The SMILES string of the molecule is CCCOc1nc(Cl)nc(N2CC3CCCN3CC2C)n1. The Morgan fingerprint density at radius 3 is 2.95 bits per heavy atom. The van der Waals surface area contributed by atoms with Gasteiger partial charge in [0, 0.05) is 25.2 Å². The number of rotatable bonds is 4. The molecule has 2 aliphatic heterocycles. The van der Waals surface area contributed by atoms with Gasteiger partial charge >= 0.3 is 6.01 Å². The lowest BCUT2D eigenvalue weighted by Crippen LogP contribution is -2.55. The van der Waals surface area contributed by atoms with Crippen LogP contribution >= 0.6 is 11.6 Å². The zero-order valence-electron chi connectivity index (χ0n) is 12.6. The zero-order valence-corrected chi connectivity index (χ0v) is 13.4. The molecule has 1 aromatic heterocycles. The van der Waals surface area contributed by atoms with Gasteiger partial charge < -0.3 is 9.64 Å². The molecule has 1 aromatic rings. The number of hydrogen-bond donors (Lipinski definition) is 0. The van der Waals surface area contributed by atoms with E-state index in [1.165, 1.54) is 19.4 Å². The van der Waals surface area contributed by atoms with Crippen LogP contribution in [0.25, 0.3) is 0 Å². The predicted octanol–water partition coefficient (Wildman–Crippen LogP) is 1.99. The Hall–Kier alpha value is -1.14. The van der Waals surface area contributed by atoms with Gasteiger partial charge in [0.15, 0.2) is 0 Å². The van der Waals surface area contributed by atoms with Crippen LogP contribution in [-0.2, 0) is 0 Å². The molecule has 2 unspecified atom stereocenters. The summed E-state index contributed by atoms with van der Waals surface area (Å²) in [6, 6.07) is 1.31. The average molecular weight is 312 g/mol. The lowest BCUT2D eigenvalue weighted by molar-refractivity contribution is 0.201. The van der Waals surface area contributed by atoms with E-state index in [1.54, 1.807) is 0 Å². The van der Waals surface area contributed by atoms with Crippen LogP contribution in [0.5, 0.6) is 6.01 Å². The van der Waals surface area contributed by atoms with Crippen LogP contribution in [0.1, 0.15) is 33.1 Å². The third-order valence-corrected chi connectivity index (χ3v) is 4.37. The predicted molar refractivity (Wildman–Crippen MR) is 82.0 cm³/mol. The maximum atomic E-state index is 6.03. The van der Waals surface area contributed by atoms with Crippen molar-refractivity contribution in [1.82, 2.24) is 19.9 Å². The Kier molecular flexibility index (Phi) is 4.45. The van der Waals surface area contributed by atoms with Gasteiger partial charge in [0.05, 0.1) is 6.61 Å². The van der Waals surface area contributed by atoms with E-state index in [0.29, 0.717) is 30.6 Å². The van der Waals surface area contributed by atoms with Crippen molar-refractivity contribution in [2.45, 2.75) is 45.2 Å². The first kappa shape index (κ1) is 14.8. The van der Waals surface area contributed by atoms with Gasteiger partial charge in [-0.25, -0.2) is 0 Å². The van der Waals surface area contributed by atoms with Crippen molar-refractivity contribution in [2.24, 2.45) is 0 Å². The average Bonchev–Trinajstić information content (AvgIpc) is 2.90. The van der Waals surface area contributed by atoms with Gasteiger partial charge in [-0.1, -0.05) is 6.92 Å². The number of hydrogen-bond acceptors (Lipinski definition) is 6. The first-order chi connectivity index (χ1) is 10.2. The van der Waals surface area contributed by atoms with Crippen molar-refractivity contribution in [3.63, 3.8) is 0 Å². The molecular weight excluding hydrogens is 290 g/mol. The normalized spacial score (nSPS) is 26.0. The summed E-state index contributed by atoms with van der Waals surface area (Å²) >= 11 is 6.03. The molecule has 2 atom stereocenters. The zero-order chi connectivity index (χ0) is 14.8. The molecule has 0 aromatic carbocycles. The summed E-state index contributed by atoms with van der Waals surface area (Å²) in [6.07, 6.45) is 3.45. The fourth-order valence-corrected chi connectivity index (χ4v) is 3.32. The maximum Gasteiger partial charge on any atom is 0.322 e. The van der Waals surface area contributed by atoms with Crippen molar-refractivity contribution in [3.8, 4) is 6.01 Å². The molecule has 2 fully saturated rings. The lowest BCUT2D eigenvalue weighted by Gasteiger charge is -2.42. The van der Waals surface area contributed by atoms with Gasteiger partial charge in [-0.2, -0.15) is 15.0 Å². The largest absolute Gasteiger partial charge is 0.463 e. The second-order valence-corrected chi connectivity index (χ2v) is 6.17. The molecule has 7 heteroatoms. The molecule has 0 bridgehead atoms. The summed E-state index contributed by atoms with van der Waals surface area (Å²) in [6.45, 7) is 8.06. The fourth-order valence-electron chi connectivity index (χ4n) is 3.17. The van der Waals surface area contributed by atoms with Crippen molar-refractivity contribution in [2.75, 3.05) is 31.1 Å². The smallest absolute Gasteiger partial charge is 0.322 e. The molecule has 2 saturated heterocycles. The quantitative estimate of drug-likeness (QED) is 0.847. The van der Waals surface area contributed by atoms with Crippen molar-refractivity contribution < 1.29 is 4.74 Å². The monoisotopic (exact) mass is 311 g/mol. The Balaban J connectivity index is 1.80. The van der Waals surface area contributed by atoms with Crippen LogP contribution in [0.2, 0.25) is 5.28 Å². The molecule has 3 rings (SSSR count). The molecule has 0 radical (unpaired) electrons. The van der Waals surface area contributed by atoms with Crippen LogP contribution in [-0.4, -0.2) is 58.2 Å². The minimum Gasteiger partial charge on any atom is -0.463 e. The molecule has 0 saturated carbocycles. The highest BCUT2D eigenvalue weighted by Crippen LogP contribution is 2.27. The van der Waals surface area contributed by atoms with Gasteiger partial charge in [-0.05, 0) is 44.3 Å². The molecule has 0 amide bonds. The molecule has 0 aliphatic carbocycles. The van der Waals surface area contributed by atoms with Crippen molar-refractivity contribution in [1.29, 1.82) is 0 Å². The van der Waals surface area contributed by atoms with Crippen molar-refractivity contribution in [3.05, 3.63) is 5.28 Å². The highest BCUT2D eigenvalue weighted by atomic mass is 35.5. The van der Waals surface area contributed by atoms with E-state index in [-0.39, 0.29) is 5.28 Å². The third-order valence-electron chi connectivity index (χ3n) is 4.21. The van der Waals surface area contributed by atoms with Crippen LogP contribution in [0.4, 0.5) is 5.95 Å². The molecular formula is C14H22ClN5O. The van der Waals surface area contributed by atoms with E-state index in [2.05, 4.69) is 31.7 Å². The topological polar surface area (TPSA) is 54.4 Å². The van der Waals surface area contributed by atoms with Gasteiger partial charge in [0.25, 0.3) is 0 Å². The first-order valence-electron chi connectivity index (χ1n) is 7.72. The van der Waals surface area contributed by atoms with Gasteiger partial charge in [0.2, 0.25) is 11.2 Å². The van der Waals surface area contributed by atoms with E-state index in [0.717, 1.165) is 19.5 Å². The summed E-state index contributed by atoms with van der Waals surface area (Å²) in [5, 5.41) is 0.201. The Bertz CT molecular complexity index is 500. The van der Waals surface area contributed by atoms with E-state index in [4.69, 9.17) is 16.3 Å². The summed E-state index contributed by atoms with van der Waals surface area (Å²) < 4.78 is 5.51. The van der Waals surface area contributed by atoms with Gasteiger partial charge in [0.1, 0.15) is 0 Å². The second-order valence-electron chi connectivity index (χ2n) is 5.83. The van der Waals surface area contributed by atoms with E-state index < -0.39 is 0 Å². The van der Waals surface area contributed by atoms with Crippen LogP contribution in [0.3, 0.4) is 0 Å². The van der Waals surface area contributed by atoms with Crippen molar-refractivity contribution >= 4 is 17.5 Å². The molecule has 2 aliphatic rings. The minimum absolute atomic E-state index is 0.201. The fraction of sp³-hybridized carbons (Fsp3) is 0.786. The summed E-state index contributed by atoms with van der Waals surface area (Å²) in [4.78, 5) is 17.6. The Morgan fingerprint density at radius 2 is 2.14 bits per heavy atom. The number of fused-ring (bicyclic) bond motifs is 1. The molecule has 21 heavy (non-hydrogen) atoms. The highest BCUT2D eigenvalue weighted by molar-refractivity contribution is 6.28. The molecule has 0 spiro atoms. The maximum absolute atomic E-state index is 6.03. The molecule has 3 heterocycles. The Morgan fingerprint density at radius 1 is 1.29 bits per heavy atom. The first-order valence-corrected chi connectivity index (χ1v) is 8.10. The number of halogens is 1. The minimum atomic E-state index is 0.201. The number of ether oxygens (including phenoxy) is 1. The third kappa shape index (κ3) is 3.21. The Labute approximate surface area is 130 Å². The van der Waals surface area contributed by atoms with Gasteiger partial charge in [-0.15, -0.1) is 0 Å². The highest BCUT2D eigenvalue weighted by Gasteiger charge is 2.35. The van der Waals surface area contributed by atoms with E-state index in [1.807, 2.05) is 6.92 Å². The van der Waals surface area contributed by atoms with Crippen LogP contribution in [0.15, 0.2) is 0 Å². The number of aromatic nitrogens is 3. The molecule has 6 nitrogen and oxygen atoms in total. The van der Waals surface area contributed by atoms with Crippen LogP contribution < -0.4 is 9.64 Å². The van der Waals surface area contributed by atoms with Gasteiger partial charge in [-0.3, -0.25) is 4.90 Å². The number of piperazine rings is 1. The van der Waals surface area contributed by atoms with E-state index >= 15 is 0 Å². The standard InChI is InChI=1S/C14H22ClN5O/c1-3-7-21-14-17-12(15)16-13(18-14)20-9-11-5-4-6-19(11)8-10(20)2/h10-11H,3-9H2,1-2H3. The number of nitrogens with zero attached hydrogens (tertiary/aromatic N) is 5. The summed E-state index contributed by atoms with van der Waals surface area (Å²) in [5.41, 5.74) is 0. The van der Waals surface area contributed by atoms with E-state index in [9.17, 15) is 0 Å². The molecule has 0 N–H and O–H groups in total. The number of anilines is 1. The molecule has 116 valence electrons. The summed E-state index contributed by atoms with van der Waals surface area (Å²) in [5.74, 6) is 0.639. The van der Waals surface area contributed by atoms with Crippen LogP contribution in [0, 0.1) is 0 Å². The summed E-state index contributed by atoms with van der Waals surface area (Å²) in [7, 11) is 0. The second kappa shape index (κ2) is 6.32. The lowest BCUT2D eigenvalue weighted by atomic mass is 10.1.